The summed E-state index contributed by atoms with van der Waals surface area (Å²) in [6.07, 6.45) is 5.09. The molecule has 1 fully saturated rings. The predicted molar refractivity (Wildman–Crippen MR) is 206 cm³/mol. The summed E-state index contributed by atoms with van der Waals surface area (Å²) in [7, 11) is 3.41. The lowest BCUT2D eigenvalue weighted by molar-refractivity contribution is -0.258. The zero-order chi connectivity index (χ0) is 41.8. The molecule has 0 aromatic carbocycles. The fraction of sp³-hybridized carbons (Fsp3) is 0.722. The first-order valence-electron chi connectivity index (χ1n) is 18.9. The highest BCUT2D eigenvalue weighted by atomic mass is 32.2. The first-order chi connectivity index (χ1) is 26.6. The predicted octanol–water partition coefficient (Wildman–Crippen LogP) is -1.77. The third-order valence-corrected chi connectivity index (χ3v) is 9.95. The van der Waals surface area contributed by atoms with E-state index >= 15 is 0 Å². The van der Waals surface area contributed by atoms with Crippen LogP contribution in [0.3, 0.4) is 0 Å². The highest BCUT2D eigenvalue weighted by Gasteiger charge is 2.31. The summed E-state index contributed by atoms with van der Waals surface area (Å²) in [6, 6.07) is -1.85. The van der Waals surface area contributed by atoms with Crippen molar-refractivity contribution in [2.75, 3.05) is 105 Å². The smallest absolute Gasteiger partial charge is 0.389 e. The van der Waals surface area contributed by atoms with Crippen LogP contribution in [0.1, 0.15) is 40.5 Å². The zero-order valence-corrected chi connectivity index (χ0v) is 34.5. The molecule has 56 heavy (non-hydrogen) atoms. The minimum atomic E-state index is -1.83. The Morgan fingerprint density at radius 1 is 0.929 bits per heavy atom. The van der Waals surface area contributed by atoms with Crippen molar-refractivity contribution in [2.45, 2.75) is 59.1 Å². The number of nitrogens with zero attached hydrogens (tertiary/aromatic N) is 5. The van der Waals surface area contributed by atoms with Gasteiger partial charge in [-0.2, -0.15) is 11.8 Å². The summed E-state index contributed by atoms with van der Waals surface area (Å²) in [5.74, 6) is -4.24. The summed E-state index contributed by atoms with van der Waals surface area (Å²) in [5, 5.41) is 8.35. The first kappa shape index (κ1) is 48.0. The second kappa shape index (κ2) is 25.2. The van der Waals surface area contributed by atoms with Crippen molar-refractivity contribution < 1.29 is 52.6 Å². The summed E-state index contributed by atoms with van der Waals surface area (Å²) in [4.78, 5) is 110. The molecule has 2 heterocycles. The zero-order valence-electron chi connectivity index (χ0n) is 33.7. The standard InChI is InChI=1S/C36H60N8O11S/c1-8-25(4)33(35(52)37-14-15-44-28(46)11-12-29(44)47)39-34(51)26(13-20-56-7)38-27(45)21-42(10-3)18-19-43-17-16-41(6)23-31(49)54-36(55-32(50)24-43)53-30(48)22-40(5)9-2/h11-12,25-26,33,36H,8-10,13-24H2,1-7H3,(H,37,52)(H,38,45)(H,39,51)/t25-,26-,33-,36?/m0/s1. The van der Waals surface area contributed by atoms with Crippen LogP contribution in [0.2, 0.25) is 0 Å². The molecule has 0 aromatic heterocycles. The molecule has 2 aliphatic heterocycles. The number of imide groups is 1. The van der Waals surface area contributed by atoms with Crippen LogP contribution in [0.5, 0.6) is 0 Å². The fourth-order valence-electron chi connectivity index (χ4n) is 5.49. The van der Waals surface area contributed by atoms with Gasteiger partial charge in [0.1, 0.15) is 12.1 Å². The number of hydrogen-bond acceptors (Lipinski definition) is 16. The van der Waals surface area contributed by atoms with Gasteiger partial charge >= 0.3 is 24.4 Å². The lowest BCUT2D eigenvalue weighted by Gasteiger charge is -2.28. The Morgan fingerprint density at radius 3 is 2.20 bits per heavy atom. The number of likely N-dealkylation sites (N-methyl/N-ethyl adjacent to an activating group) is 3. The molecule has 316 valence electrons. The minimum Gasteiger partial charge on any atom is -0.389 e. The fourth-order valence-corrected chi connectivity index (χ4v) is 5.96. The molecule has 20 heteroatoms. The topological polar surface area (TPSA) is 217 Å². The number of carbonyl (C=O) groups excluding carboxylic acids is 8. The summed E-state index contributed by atoms with van der Waals surface area (Å²) < 4.78 is 15.5. The van der Waals surface area contributed by atoms with Gasteiger partial charge < -0.3 is 30.2 Å². The van der Waals surface area contributed by atoms with Crippen LogP contribution in [0, 0.1) is 5.92 Å². The van der Waals surface area contributed by atoms with Gasteiger partial charge in [-0.05, 0) is 51.5 Å². The van der Waals surface area contributed by atoms with E-state index in [1.807, 2.05) is 38.9 Å². The average molecular weight is 813 g/mol. The lowest BCUT2D eigenvalue weighted by Crippen LogP contribution is -2.57. The van der Waals surface area contributed by atoms with Gasteiger partial charge in [-0.1, -0.05) is 34.1 Å². The molecule has 0 radical (unpaired) electrons. The molecular formula is C36H60N8O11S. The van der Waals surface area contributed by atoms with Gasteiger partial charge in [-0.3, -0.25) is 62.9 Å². The molecule has 2 aliphatic rings. The van der Waals surface area contributed by atoms with E-state index in [1.54, 1.807) is 28.8 Å². The maximum atomic E-state index is 13.6. The van der Waals surface area contributed by atoms with Gasteiger partial charge in [0.2, 0.25) is 17.7 Å². The lowest BCUT2D eigenvalue weighted by atomic mass is 9.97. The Labute approximate surface area is 333 Å². The molecule has 19 nitrogen and oxygen atoms in total. The molecule has 0 spiro atoms. The molecule has 2 rings (SSSR count). The van der Waals surface area contributed by atoms with E-state index in [0.29, 0.717) is 57.9 Å². The third kappa shape index (κ3) is 17.4. The molecule has 1 unspecified atom stereocenters. The second-order valence-corrected chi connectivity index (χ2v) is 14.7. The number of rotatable bonds is 22. The maximum absolute atomic E-state index is 13.6. The van der Waals surface area contributed by atoms with E-state index in [4.69, 9.17) is 14.2 Å². The van der Waals surface area contributed by atoms with Crippen molar-refractivity contribution in [2.24, 2.45) is 5.92 Å². The Balaban J connectivity index is 2.02. The monoisotopic (exact) mass is 812 g/mol. The number of ether oxygens (including phenoxy) is 3. The van der Waals surface area contributed by atoms with Crippen molar-refractivity contribution >= 4 is 59.2 Å². The van der Waals surface area contributed by atoms with Crippen LogP contribution in [0.4, 0.5) is 0 Å². The number of thioether (sulfide) groups is 1. The summed E-state index contributed by atoms with van der Waals surface area (Å²) >= 11 is 1.50. The van der Waals surface area contributed by atoms with Gasteiger partial charge in [0.25, 0.3) is 11.8 Å². The number of carbonyl (C=O) groups is 8. The van der Waals surface area contributed by atoms with Crippen molar-refractivity contribution in [1.29, 1.82) is 0 Å². The van der Waals surface area contributed by atoms with Crippen molar-refractivity contribution in [1.82, 2.24) is 40.4 Å². The van der Waals surface area contributed by atoms with Crippen LogP contribution >= 0.6 is 11.8 Å². The molecule has 5 amide bonds. The van der Waals surface area contributed by atoms with E-state index in [0.717, 1.165) is 17.1 Å². The van der Waals surface area contributed by atoms with E-state index in [-0.39, 0.29) is 45.2 Å². The second-order valence-electron chi connectivity index (χ2n) is 13.7. The molecule has 0 aliphatic carbocycles. The Bertz CT molecular complexity index is 1380. The van der Waals surface area contributed by atoms with E-state index in [9.17, 15) is 38.4 Å². The van der Waals surface area contributed by atoms with Crippen LogP contribution < -0.4 is 16.0 Å². The quantitative estimate of drug-likeness (QED) is 0.0815. The van der Waals surface area contributed by atoms with Crippen molar-refractivity contribution in [3.8, 4) is 0 Å². The number of hydrogen-bond donors (Lipinski definition) is 3. The average Bonchev–Trinajstić information content (AvgIpc) is 3.46. The number of esters is 3. The summed E-state index contributed by atoms with van der Waals surface area (Å²) in [6.45, 7) is 7.62. The molecule has 0 aromatic rings. The van der Waals surface area contributed by atoms with Crippen molar-refractivity contribution in [3.05, 3.63) is 12.2 Å². The molecule has 0 saturated carbocycles. The third-order valence-electron chi connectivity index (χ3n) is 9.31. The maximum Gasteiger partial charge on any atom is 0.412 e. The van der Waals surface area contributed by atoms with Crippen LogP contribution in [-0.4, -0.2) is 195 Å². The van der Waals surface area contributed by atoms with Crippen LogP contribution in [0.15, 0.2) is 12.2 Å². The highest BCUT2D eigenvalue weighted by molar-refractivity contribution is 7.98. The number of nitrogens with one attached hydrogen (secondary N) is 3. The Kier molecular flexibility index (Phi) is 21.6. The van der Waals surface area contributed by atoms with E-state index in [1.165, 1.54) is 11.8 Å². The van der Waals surface area contributed by atoms with Gasteiger partial charge in [0.15, 0.2) is 0 Å². The molecule has 4 atom stereocenters. The van der Waals surface area contributed by atoms with E-state index in [2.05, 4.69) is 16.0 Å². The van der Waals surface area contributed by atoms with Gasteiger partial charge in [0.05, 0.1) is 26.2 Å². The van der Waals surface area contributed by atoms with Crippen molar-refractivity contribution in [3.63, 3.8) is 0 Å². The minimum absolute atomic E-state index is 0.0107. The van der Waals surface area contributed by atoms with Crippen LogP contribution in [-0.2, 0) is 52.6 Å². The van der Waals surface area contributed by atoms with Gasteiger partial charge in [-0.25, -0.2) is 0 Å². The first-order valence-corrected chi connectivity index (χ1v) is 20.3. The highest BCUT2D eigenvalue weighted by Crippen LogP contribution is 2.11. The SMILES string of the molecule is CC[C@H](C)[C@H](NC(=O)[C@H](CCSC)NC(=O)CN(CC)CCN1CCN(C)CC(=O)OC(OC(=O)CN(C)CC)OC(=O)C1)C(=O)NCCN1C(=O)C=CC1=O. The van der Waals surface area contributed by atoms with E-state index < -0.39 is 66.0 Å². The van der Waals surface area contributed by atoms with Gasteiger partial charge in [-0.15, -0.1) is 0 Å². The number of amides is 5. The van der Waals surface area contributed by atoms with Crippen LogP contribution in [0.25, 0.3) is 0 Å². The summed E-state index contributed by atoms with van der Waals surface area (Å²) in [5.41, 5.74) is 0. The molecule has 0 bridgehead atoms. The number of cyclic esters (lactones) is 2. The Hall–Kier alpha value is -4.11. The Morgan fingerprint density at radius 2 is 1.59 bits per heavy atom. The normalized spacial score (nSPS) is 18.9. The molecule has 1 saturated heterocycles. The van der Waals surface area contributed by atoms with Gasteiger partial charge in [0, 0.05) is 51.4 Å². The largest absolute Gasteiger partial charge is 0.412 e. The molecule has 3 N–H and O–H groups in total. The molecular weight excluding hydrogens is 753 g/mol.